The van der Waals surface area contributed by atoms with Crippen LogP contribution in [0.4, 0.5) is 13.2 Å². The molecule has 47 heavy (non-hydrogen) atoms. The average Bonchev–Trinajstić information content (AvgIpc) is 3.82. The molecule has 0 aliphatic heterocycles. The van der Waals surface area contributed by atoms with Crippen molar-refractivity contribution >= 4 is 15.9 Å². The molecule has 4 aromatic heterocycles. The number of ether oxygens (including phenoxy) is 2. The third-order valence-electron chi connectivity index (χ3n) is 5.70. The molecule has 14 nitrogen and oxygen atoms in total. The van der Waals surface area contributed by atoms with E-state index < -0.39 is 15.6 Å². The summed E-state index contributed by atoms with van der Waals surface area (Å²) in [5.41, 5.74) is -3.46. The first-order valence-corrected chi connectivity index (χ1v) is 14.9. The summed E-state index contributed by atoms with van der Waals surface area (Å²) >= 11 is 0. The second kappa shape index (κ2) is 19.0. The van der Waals surface area contributed by atoms with Gasteiger partial charge in [-0.25, -0.2) is 27.1 Å². The molecule has 0 N–H and O–H groups in total. The number of alkyl halides is 3. The standard InChI is InChI=1S/C24H26N8O2.C3H6O.CHF3O3S.Ag/c1-9-25-29(13-1)23(30-14-2-10-26-30)19-33-17-21-5-7-22(8-6-21)18-34-20-24(31-15-3-11-27-31)32-16-4-12-28-32;1-3(2)4;2-1(3,4)8(5,6)7;/h1-16,23-24H,17-20H2;1-2H3;(H,5,6,7);/q;;;+1/p-1. The number of hydrogen-bond donors (Lipinski definition) is 0. The number of carbonyl (C=O) groups is 1. The van der Waals surface area contributed by atoms with E-state index in [1.165, 1.54) is 13.8 Å². The van der Waals surface area contributed by atoms with Crippen LogP contribution in [-0.4, -0.2) is 76.6 Å². The molecule has 0 bridgehead atoms. The average molecular weight is 774 g/mol. The largest absolute Gasteiger partial charge is 1.00 e. The van der Waals surface area contributed by atoms with E-state index in [-0.39, 0.29) is 40.5 Å². The molecular formula is C28H32AgF3N8O6S. The first-order valence-electron chi connectivity index (χ1n) is 13.5. The summed E-state index contributed by atoms with van der Waals surface area (Å²) < 4.78 is 78.2. The smallest absolute Gasteiger partial charge is 0.741 e. The molecule has 0 unspecified atom stereocenters. The third kappa shape index (κ3) is 13.4. The topological polar surface area (TPSA) is 164 Å². The van der Waals surface area contributed by atoms with Crippen molar-refractivity contribution < 1.29 is 62.8 Å². The van der Waals surface area contributed by atoms with Crippen LogP contribution in [-0.2, 0) is 60.0 Å². The maximum absolute atomic E-state index is 10.7. The van der Waals surface area contributed by atoms with Crippen molar-refractivity contribution in [2.75, 3.05) is 13.2 Å². The summed E-state index contributed by atoms with van der Waals surface area (Å²) in [6, 6.07) is 15.8. The Bertz CT molecular complexity index is 1480. The van der Waals surface area contributed by atoms with Gasteiger partial charge in [-0.05, 0) is 49.2 Å². The van der Waals surface area contributed by atoms with Crippen LogP contribution in [0.25, 0.3) is 0 Å². The van der Waals surface area contributed by atoms with Crippen molar-refractivity contribution in [2.24, 2.45) is 0 Å². The molecule has 4 heterocycles. The number of benzene rings is 1. The SMILES string of the molecule is CC(C)=O.O=S(=O)([O-])C(F)(F)F.[Ag+].c1cnn(C(COCc2ccc(COCC(n3cccn3)n3cccn3)cc2)n2cccn2)c1. The van der Waals surface area contributed by atoms with Gasteiger partial charge in [-0.1, -0.05) is 24.3 Å². The number of Topliss-reactive ketones (excluding diaryl/α,β-unsaturated/α-hetero) is 1. The van der Waals surface area contributed by atoms with Gasteiger partial charge in [-0.2, -0.15) is 33.6 Å². The number of hydrogen-bond acceptors (Lipinski definition) is 10. The van der Waals surface area contributed by atoms with Crippen LogP contribution in [0.3, 0.4) is 0 Å². The molecule has 0 aliphatic carbocycles. The maximum Gasteiger partial charge on any atom is 1.00 e. The van der Waals surface area contributed by atoms with Gasteiger partial charge < -0.3 is 18.8 Å². The number of aromatic nitrogens is 8. The van der Waals surface area contributed by atoms with E-state index in [1.807, 2.05) is 67.8 Å². The molecule has 0 saturated carbocycles. The summed E-state index contributed by atoms with van der Waals surface area (Å²) in [6.45, 7) is 4.97. The summed E-state index contributed by atoms with van der Waals surface area (Å²) in [7, 11) is -6.09. The van der Waals surface area contributed by atoms with Gasteiger partial charge in [-0.15, -0.1) is 0 Å². The van der Waals surface area contributed by atoms with E-state index in [9.17, 15) is 18.0 Å². The van der Waals surface area contributed by atoms with Crippen molar-refractivity contribution in [3.63, 3.8) is 0 Å². The quantitative estimate of drug-likeness (QED) is 0.104. The van der Waals surface area contributed by atoms with Crippen LogP contribution in [0.2, 0.25) is 0 Å². The molecule has 0 atom stereocenters. The van der Waals surface area contributed by atoms with Crippen molar-refractivity contribution in [3.05, 3.63) is 109 Å². The first-order chi connectivity index (χ1) is 21.8. The zero-order valence-corrected chi connectivity index (χ0v) is 27.4. The molecule has 0 amide bonds. The van der Waals surface area contributed by atoms with E-state index in [4.69, 9.17) is 22.4 Å². The van der Waals surface area contributed by atoms with Gasteiger partial charge in [0, 0.05) is 49.6 Å². The maximum atomic E-state index is 10.7. The Hall–Kier alpha value is -3.91. The molecule has 19 heteroatoms. The fourth-order valence-corrected chi connectivity index (χ4v) is 3.67. The molecular weight excluding hydrogens is 741 g/mol. The monoisotopic (exact) mass is 772 g/mol. The van der Waals surface area contributed by atoms with E-state index in [0.717, 1.165) is 11.1 Å². The Morgan fingerprint density at radius 2 is 0.979 bits per heavy atom. The summed E-state index contributed by atoms with van der Waals surface area (Å²) in [4.78, 5) is 9.44. The fraction of sp³-hybridized carbons (Fsp3) is 0.321. The second-order valence-electron chi connectivity index (χ2n) is 9.56. The third-order valence-corrected chi connectivity index (χ3v) is 6.27. The Balaban J connectivity index is 0.000000508. The molecule has 258 valence electrons. The van der Waals surface area contributed by atoms with E-state index in [0.29, 0.717) is 26.4 Å². The number of rotatable bonds is 12. The van der Waals surface area contributed by atoms with Gasteiger partial charge in [0.2, 0.25) is 0 Å². The number of ketones is 1. The summed E-state index contributed by atoms with van der Waals surface area (Å²) in [5.74, 6) is 0.167. The Morgan fingerprint density at radius 3 is 1.17 bits per heavy atom. The molecule has 0 fully saturated rings. The fourth-order valence-electron chi connectivity index (χ4n) is 3.67. The molecule has 0 radical (unpaired) electrons. The zero-order valence-electron chi connectivity index (χ0n) is 25.1. The second-order valence-corrected chi connectivity index (χ2v) is 10.9. The summed E-state index contributed by atoms with van der Waals surface area (Å²) in [5, 5.41) is 17.3. The molecule has 0 spiro atoms. The van der Waals surface area contributed by atoms with Crippen LogP contribution < -0.4 is 0 Å². The Labute approximate surface area is 284 Å². The van der Waals surface area contributed by atoms with Gasteiger partial charge in [0.1, 0.15) is 5.78 Å². The predicted molar refractivity (Wildman–Crippen MR) is 156 cm³/mol. The summed E-state index contributed by atoms with van der Waals surface area (Å²) in [6.07, 6.45) is 14.4. The van der Waals surface area contributed by atoms with Crippen molar-refractivity contribution in [1.82, 2.24) is 39.1 Å². The van der Waals surface area contributed by atoms with Crippen molar-refractivity contribution in [2.45, 2.75) is 44.9 Å². The van der Waals surface area contributed by atoms with Gasteiger partial charge in [0.05, 0.1) is 26.4 Å². The van der Waals surface area contributed by atoms with Gasteiger partial charge in [-0.3, -0.25) is 0 Å². The van der Waals surface area contributed by atoms with E-state index >= 15 is 0 Å². The Kier molecular flexibility index (Phi) is 15.9. The van der Waals surface area contributed by atoms with Crippen LogP contribution in [0.5, 0.6) is 0 Å². The molecule has 0 saturated heterocycles. The van der Waals surface area contributed by atoms with Gasteiger partial charge >= 0.3 is 27.9 Å². The van der Waals surface area contributed by atoms with Crippen LogP contribution in [0.15, 0.2) is 98.1 Å². The molecule has 5 rings (SSSR count). The first kappa shape index (κ1) is 39.3. The minimum absolute atomic E-state index is 0. The Morgan fingerprint density at radius 1 is 0.723 bits per heavy atom. The zero-order chi connectivity index (χ0) is 33.6. The normalized spacial score (nSPS) is 11.3. The van der Waals surface area contributed by atoms with Crippen molar-refractivity contribution in [3.8, 4) is 0 Å². The number of carbonyl (C=O) groups excluding carboxylic acids is 1. The van der Waals surface area contributed by atoms with Crippen molar-refractivity contribution in [1.29, 1.82) is 0 Å². The molecule has 5 aromatic rings. The predicted octanol–water partition coefficient (Wildman–Crippen LogP) is 3.64. The molecule has 1 aromatic carbocycles. The van der Waals surface area contributed by atoms with E-state index in [1.54, 1.807) is 24.8 Å². The van der Waals surface area contributed by atoms with Crippen LogP contribution >= 0.6 is 0 Å². The van der Waals surface area contributed by atoms with E-state index in [2.05, 4.69) is 44.7 Å². The van der Waals surface area contributed by atoms with Crippen LogP contribution in [0, 0.1) is 0 Å². The molecule has 0 aliphatic rings. The number of nitrogens with zero attached hydrogens (tertiary/aromatic N) is 8. The van der Waals surface area contributed by atoms with Crippen LogP contribution in [0.1, 0.15) is 37.3 Å². The minimum atomic E-state index is -6.09. The minimum Gasteiger partial charge on any atom is -0.741 e. The number of halogens is 3. The van der Waals surface area contributed by atoms with Gasteiger partial charge in [0.15, 0.2) is 22.4 Å². The van der Waals surface area contributed by atoms with Gasteiger partial charge in [0.25, 0.3) is 0 Å².